The van der Waals surface area contributed by atoms with E-state index >= 15 is 0 Å². The second-order valence-corrected chi connectivity index (χ2v) is 6.52. The zero-order valence-electron chi connectivity index (χ0n) is 15.5. The molecule has 2 rings (SSSR count). The summed E-state index contributed by atoms with van der Waals surface area (Å²) in [6.07, 6.45) is -0.250. The van der Waals surface area contributed by atoms with Crippen molar-refractivity contribution in [3.63, 3.8) is 0 Å². The summed E-state index contributed by atoms with van der Waals surface area (Å²) in [5.74, 6) is -3.11. The van der Waals surface area contributed by atoms with Crippen LogP contribution < -0.4 is 5.32 Å². The second kappa shape index (κ2) is 7.98. The minimum atomic E-state index is -1.03. The first-order valence-corrected chi connectivity index (χ1v) is 8.41. The van der Waals surface area contributed by atoms with Crippen LogP contribution in [0.1, 0.15) is 38.1 Å². The van der Waals surface area contributed by atoms with Gasteiger partial charge >= 0.3 is 23.8 Å². The summed E-state index contributed by atoms with van der Waals surface area (Å²) in [5.41, 5.74) is 0.692. The summed E-state index contributed by atoms with van der Waals surface area (Å²) in [4.78, 5) is 61.2. The van der Waals surface area contributed by atoms with Gasteiger partial charge in [0.2, 0.25) is 5.91 Å². The molecule has 9 nitrogen and oxygen atoms in total. The molecule has 5 amide bonds. The van der Waals surface area contributed by atoms with Gasteiger partial charge in [0.25, 0.3) is 0 Å². The van der Waals surface area contributed by atoms with Gasteiger partial charge in [0.15, 0.2) is 0 Å². The van der Waals surface area contributed by atoms with Crippen LogP contribution in [-0.2, 0) is 19.1 Å². The highest BCUT2D eigenvalue weighted by molar-refractivity contribution is 6.45. The standard InChI is InChI=1S/C18H21N3O6/c1-10(2)21-16(24)15(23)20(18(21)26)9-14(22)19-13-7-5-12(6-8-13)17(25)27-11(3)4/h5-8,10-11H,9H2,1-4H3,(H,19,22). The molecule has 9 heteroatoms. The van der Waals surface area contributed by atoms with Crippen LogP contribution in [0.2, 0.25) is 0 Å². The fraction of sp³-hybridized carbons (Fsp3) is 0.389. The van der Waals surface area contributed by atoms with Crippen LogP contribution in [0.4, 0.5) is 10.5 Å². The topological polar surface area (TPSA) is 113 Å². The van der Waals surface area contributed by atoms with Crippen LogP contribution in [-0.4, -0.2) is 58.2 Å². The van der Waals surface area contributed by atoms with Gasteiger partial charge in [-0.1, -0.05) is 0 Å². The molecule has 1 heterocycles. The van der Waals surface area contributed by atoms with E-state index in [0.29, 0.717) is 16.2 Å². The van der Waals surface area contributed by atoms with E-state index in [4.69, 9.17) is 4.74 Å². The maximum Gasteiger partial charge on any atom is 0.338 e. The molecule has 27 heavy (non-hydrogen) atoms. The third-order valence-corrected chi connectivity index (χ3v) is 3.65. The van der Waals surface area contributed by atoms with Crippen molar-refractivity contribution < 1.29 is 28.7 Å². The van der Waals surface area contributed by atoms with Gasteiger partial charge in [-0.15, -0.1) is 0 Å². The molecule has 1 fully saturated rings. The number of carbonyl (C=O) groups is 5. The number of nitrogens with one attached hydrogen (secondary N) is 1. The van der Waals surface area contributed by atoms with Crippen molar-refractivity contribution in [1.82, 2.24) is 9.80 Å². The van der Waals surface area contributed by atoms with Gasteiger partial charge in [-0.3, -0.25) is 19.3 Å². The Morgan fingerprint density at radius 2 is 1.59 bits per heavy atom. The quantitative estimate of drug-likeness (QED) is 0.457. The lowest BCUT2D eigenvalue weighted by atomic mass is 10.2. The Labute approximate surface area is 156 Å². The molecule has 0 aromatic heterocycles. The summed E-state index contributed by atoms with van der Waals surface area (Å²) in [6.45, 7) is 6.08. The number of esters is 1. The van der Waals surface area contributed by atoms with E-state index in [9.17, 15) is 24.0 Å². The Morgan fingerprint density at radius 3 is 2.07 bits per heavy atom. The molecule has 0 spiro atoms. The fourth-order valence-electron chi connectivity index (χ4n) is 2.43. The molecule has 0 unspecified atom stereocenters. The lowest BCUT2D eigenvalue weighted by molar-refractivity contribution is -0.144. The summed E-state index contributed by atoms with van der Waals surface area (Å²) in [6, 6.07) is 4.65. The molecule has 144 valence electrons. The number of urea groups is 1. The Morgan fingerprint density at radius 1 is 1.00 bits per heavy atom. The zero-order valence-corrected chi connectivity index (χ0v) is 15.5. The molecule has 1 N–H and O–H groups in total. The Balaban J connectivity index is 2.00. The Bertz CT molecular complexity index is 785. The van der Waals surface area contributed by atoms with Crippen LogP contribution >= 0.6 is 0 Å². The normalized spacial score (nSPS) is 14.4. The van der Waals surface area contributed by atoms with E-state index < -0.39 is 42.3 Å². The average Bonchev–Trinajstić information content (AvgIpc) is 2.78. The average molecular weight is 375 g/mol. The molecule has 0 aliphatic carbocycles. The van der Waals surface area contributed by atoms with E-state index in [1.807, 2.05) is 0 Å². The van der Waals surface area contributed by atoms with Crippen molar-refractivity contribution in [2.45, 2.75) is 39.8 Å². The number of anilines is 1. The van der Waals surface area contributed by atoms with E-state index in [0.717, 1.165) is 4.90 Å². The number of imide groups is 2. The Hall–Kier alpha value is -3.23. The third-order valence-electron chi connectivity index (χ3n) is 3.65. The number of carbonyl (C=O) groups excluding carboxylic acids is 5. The van der Waals surface area contributed by atoms with E-state index in [1.54, 1.807) is 27.7 Å². The molecule has 0 radical (unpaired) electrons. The number of amides is 5. The van der Waals surface area contributed by atoms with Gasteiger partial charge < -0.3 is 10.1 Å². The van der Waals surface area contributed by atoms with Crippen molar-refractivity contribution in [2.75, 3.05) is 11.9 Å². The van der Waals surface area contributed by atoms with Crippen LogP contribution in [0.3, 0.4) is 0 Å². The highest BCUT2D eigenvalue weighted by atomic mass is 16.5. The van der Waals surface area contributed by atoms with Gasteiger partial charge in [-0.25, -0.2) is 14.5 Å². The lowest BCUT2D eigenvalue weighted by Gasteiger charge is -2.18. The smallest absolute Gasteiger partial charge is 0.338 e. The number of hydrogen-bond donors (Lipinski definition) is 1. The molecule has 0 bridgehead atoms. The van der Waals surface area contributed by atoms with E-state index in [2.05, 4.69) is 5.32 Å². The second-order valence-electron chi connectivity index (χ2n) is 6.52. The first kappa shape index (κ1) is 20.1. The number of hydrogen-bond acceptors (Lipinski definition) is 6. The predicted octanol–water partition coefficient (Wildman–Crippen LogP) is 1.39. The minimum absolute atomic E-state index is 0.250. The molecule has 0 atom stereocenters. The van der Waals surface area contributed by atoms with Crippen molar-refractivity contribution in [3.8, 4) is 0 Å². The third kappa shape index (κ3) is 4.49. The summed E-state index contributed by atoms with van der Waals surface area (Å²) < 4.78 is 5.06. The fourth-order valence-corrected chi connectivity index (χ4v) is 2.43. The zero-order chi connectivity index (χ0) is 20.3. The molecular formula is C18H21N3O6. The van der Waals surface area contributed by atoms with Crippen LogP contribution in [0.15, 0.2) is 24.3 Å². The monoisotopic (exact) mass is 375 g/mol. The molecule has 0 saturated carbocycles. The van der Waals surface area contributed by atoms with Crippen LogP contribution in [0.25, 0.3) is 0 Å². The van der Waals surface area contributed by atoms with Gasteiger partial charge in [0, 0.05) is 11.7 Å². The summed E-state index contributed by atoms with van der Waals surface area (Å²) >= 11 is 0. The summed E-state index contributed by atoms with van der Waals surface area (Å²) in [7, 11) is 0. The first-order valence-electron chi connectivity index (χ1n) is 8.41. The molecule has 1 aliphatic rings. The maximum absolute atomic E-state index is 12.1. The minimum Gasteiger partial charge on any atom is -0.459 e. The number of benzene rings is 1. The number of nitrogens with zero attached hydrogens (tertiary/aromatic N) is 2. The molecule has 1 aliphatic heterocycles. The predicted molar refractivity (Wildman–Crippen MR) is 94.7 cm³/mol. The van der Waals surface area contributed by atoms with Crippen molar-refractivity contribution in [2.24, 2.45) is 0 Å². The van der Waals surface area contributed by atoms with Gasteiger partial charge in [-0.05, 0) is 52.0 Å². The van der Waals surface area contributed by atoms with Gasteiger partial charge in [-0.2, -0.15) is 0 Å². The molecule has 1 aromatic rings. The van der Waals surface area contributed by atoms with Crippen molar-refractivity contribution >= 4 is 35.4 Å². The van der Waals surface area contributed by atoms with Crippen molar-refractivity contribution in [1.29, 1.82) is 0 Å². The van der Waals surface area contributed by atoms with Gasteiger partial charge in [0.05, 0.1) is 11.7 Å². The van der Waals surface area contributed by atoms with Crippen LogP contribution in [0, 0.1) is 0 Å². The van der Waals surface area contributed by atoms with E-state index in [-0.39, 0.29) is 6.10 Å². The van der Waals surface area contributed by atoms with E-state index in [1.165, 1.54) is 24.3 Å². The number of rotatable bonds is 6. The van der Waals surface area contributed by atoms with Gasteiger partial charge in [0.1, 0.15) is 6.54 Å². The highest BCUT2D eigenvalue weighted by Gasteiger charge is 2.46. The highest BCUT2D eigenvalue weighted by Crippen LogP contribution is 2.16. The molecular weight excluding hydrogens is 354 g/mol. The molecule has 1 aromatic carbocycles. The SMILES string of the molecule is CC(C)OC(=O)c1ccc(NC(=O)CN2C(=O)C(=O)N(C(C)C)C2=O)cc1. The largest absolute Gasteiger partial charge is 0.459 e. The Kier molecular flexibility index (Phi) is 5.94. The first-order chi connectivity index (χ1) is 12.6. The maximum atomic E-state index is 12.1. The molecule has 1 saturated heterocycles. The summed E-state index contributed by atoms with van der Waals surface area (Å²) in [5, 5.41) is 2.51. The van der Waals surface area contributed by atoms with Crippen molar-refractivity contribution in [3.05, 3.63) is 29.8 Å². The van der Waals surface area contributed by atoms with Crippen LogP contribution in [0.5, 0.6) is 0 Å². The number of ether oxygens (including phenoxy) is 1. The lowest BCUT2D eigenvalue weighted by Crippen LogP contribution is -2.40.